The zero-order valence-electron chi connectivity index (χ0n) is 17.5. The molecule has 0 spiro atoms. The standard InChI is InChI=1S/C24H34N2O2/c1-3-25(4-2)18-22-17-21-15-16-26(19-23(21)28-22)24(27)14-10-6-9-13-20-11-7-5-8-12-20/h5,7-8,11-12,17H,3-4,6,9-10,13-16,18-19H2,1-2H3. The van der Waals surface area contributed by atoms with E-state index < -0.39 is 0 Å². The lowest BCUT2D eigenvalue weighted by Crippen LogP contribution is -2.35. The summed E-state index contributed by atoms with van der Waals surface area (Å²) in [6, 6.07) is 12.8. The van der Waals surface area contributed by atoms with Gasteiger partial charge in [-0.3, -0.25) is 9.69 Å². The van der Waals surface area contributed by atoms with Crippen molar-refractivity contribution in [3.8, 4) is 0 Å². The van der Waals surface area contributed by atoms with Crippen LogP contribution in [0.4, 0.5) is 0 Å². The van der Waals surface area contributed by atoms with E-state index in [0.29, 0.717) is 13.0 Å². The van der Waals surface area contributed by atoms with E-state index in [-0.39, 0.29) is 5.91 Å². The molecule has 0 fully saturated rings. The van der Waals surface area contributed by atoms with E-state index in [0.717, 1.165) is 69.8 Å². The molecule has 2 aromatic rings. The van der Waals surface area contributed by atoms with Gasteiger partial charge in [0.1, 0.15) is 11.5 Å². The number of amides is 1. The summed E-state index contributed by atoms with van der Waals surface area (Å²) < 4.78 is 6.08. The summed E-state index contributed by atoms with van der Waals surface area (Å²) in [7, 11) is 0. The molecule has 0 N–H and O–H groups in total. The van der Waals surface area contributed by atoms with Crippen molar-refractivity contribution in [2.24, 2.45) is 0 Å². The van der Waals surface area contributed by atoms with Crippen LogP contribution >= 0.6 is 0 Å². The third kappa shape index (κ3) is 5.71. The Balaban J connectivity index is 1.40. The number of furan rings is 1. The van der Waals surface area contributed by atoms with Crippen molar-refractivity contribution in [3.05, 3.63) is 59.0 Å². The number of hydrogen-bond donors (Lipinski definition) is 0. The lowest BCUT2D eigenvalue weighted by Gasteiger charge is -2.26. The van der Waals surface area contributed by atoms with E-state index in [1.54, 1.807) is 0 Å². The predicted octanol–water partition coefficient (Wildman–Crippen LogP) is 4.81. The molecule has 0 aliphatic carbocycles. The molecule has 4 heteroatoms. The second-order valence-corrected chi connectivity index (χ2v) is 7.73. The van der Waals surface area contributed by atoms with Crippen LogP contribution in [0.25, 0.3) is 0 Å². The van der Waals surface area contributed by atoms with Gasteiger partial charge in [-0.1, -0.05) is 50.6 Å². The highest BCUT2D eigenvalue weighted by Crippen LogP contribution is 2.24. The number of nitrogens with zero attached hydrogens (tertiary/aromatic N) is 2. The number of carbonyl (C=O) groups is 1. The van der Waals surface area contributed by atoms with Crippen molar-refractivity contribution in [1.29, 1.82) is 0 Å². The Hall–Kier alpha value is -2.07. The van der Waals surface area contributed by atoms with Gasteiger partial charge in [0.2, 0.25) is 5.91 Å². The van der Waals surface area contributed by atoms with Gasteiger partial charge in [-0.05, 0) is 56.0 Å². The molecule has 1 aromatic carbocycles. The molecule has 1 aromatic heterocycles. The molecule has 2 heterocycles. The molecule has 28 heavy (non-hydrogen) atoms. The number of aryl methyl sites for hydroxylation is 1. The summed E-state index contributed by atoms with van der Waals surface area (Å²) in [6.45, 7) is 8.71. The van der Waals surface area contributed by atoms with Gasteiger partial charge in [0.25, 0.3) is 0 Å². The Morgan fingerprint density at radius 1 is 1.11 bits per heavy atom. The third-order valence-electron chi connectivity index (χ3n) is 5.76. The Morgan fingerprint density at radius 2 is 1.89 bits per heavy atom. The van der Waals surface area contributed by atoms with Gasteiger partial charge in [0, 0.05) is 13.0 Å². The van der Waals surface area contributed by atoms with Crippen LogP contribution in [0.15, 0.2) is 40.8 Å². The van der Waals surface area contributed by atoms with E-state index >= 15 is 0 Å². The quantitative estimate of drug-likeness (QED) is 0.553. The van der Waals surface area contributed by atoms with E-state index in [9.17, 15) is 4.79 Å². The Labute approximate surface area is 169 Å². The van der Waals surface area contributed by atoms with E-state index in [1.165, 1.54) is 11.1 Å². The second-order valence-electron chi connectivity index (χ2n) is 7.73. The fraction of sp³-hybridized carbons (Fsp3) is 0.542. The first kappa shape index (κ1) is 20.7. The maximum absolute atomic E-state index is 12.6. The largest absolute Gasteiger partial charge is 0.463 e. The summed E-state index contributed by atoms with van der Waals surface area (Å²) in [6.07, 6.45) is 5.89. The number of hydrogen-bond acceptors (Lipinski definition) is 3. The minimum Gasteiger partial charge on any atom is -0.463 e. The van der Waals surface area contributed by atoms with Gasteiger partial charge in [-0.15, -0.1) is 0 Å². The number of unbranched alkanes of at least 4 members (excludes halogenated alkanes) is 2. The lowest BCUT2D eigenvalue weighted by atomic mass is 10.0. The maximum atomic E-state index is 12.6. The molecule has 3 rings (SSSR count). The SMILES string of the molecule is CCN(CC)Cc1cc2c(o1)CN(C(=O)CCCCCc1ccccc1)CC2. The number of fused-ring (bicyclic) bond motifs is 1. The molecule has 0 unspecified atom stereocenters. The molecule has 0 saturated carbocycles. The molecule has 0 radical (unpaired) electrons. The molecule has 0 atom stereocenters. The monoisotopic (exact) mass is 382 g/mol. The molecule has 0 saturated heterocycles. The Kier molecular flexibility index (Phi) is 7.72. The van der Waals surface area contributed by atoms with Crippen molar-refractivity contribution in [2.75, 3.05) is 19.6 Å². The molecular formula is C24H34N2O2. The van der Waals surface area contributed by atoms with Gasteiger partial charge < -0.3 is 9.32 Å². The Bertz CT molecular complexity index is 734. The predicted molar refractivity (Wildman–Crippen MR) is 113 cm³/mol. The van der Waals surface area contributed by atoms with Crippen LogP contribution < -0.4 is 0 Å². The molecule has 4 nitrogen and oxygen atoms in total. The van der Waals surface area contributed by atoms with Gasteiger partial charge in [-0.2, -0.15) is 0 Å². The zero-order valence-corrected chi connectivity index (χ0v) is 17.5. The summed E-state index contributed by atoms with van der Waals surface area (Å²) in [5, 5.41) is 0. The smallest absolute Gasteiger partial charge is 0.222 e. The highest BCUT2D eigenvalue weighted by Gasteiger charge is 2.24. The topological polar surface area (TPSA) is 36.7 Å². The first-order valence-corrected chi connectivity index (χ1v) is 10.8. The summed E-state index contributed by atoms with van der Waals surface area (Å²) in [4.78, 5) is 16.9. The van der Waals surface area contributed by atoms with Crippen molar-refractivity contribution in [3.63, 3.8) is 0 Å². The highest BCUT2D eigenvalue weighted by atomic mass is 16.3. The van der Waals surface area contributed by atoms with E-state index in [1.807, 2.05) is 4.90 Å². The van der Waals surface area contributed by atoms with Crippen LogP contribution in [0.2, 0.25) is 0 Å². The Morgan fingerprint density at radius 3 is 2.64 bits per heavy atom. The summed E-state index contributed by atoms with van der Waals surface area (Å²) >= 11 is 0. The molecule has 152 valence electrons. The molecule has 0 bridgehead atoms. The van der Waals surface area contributed by atoms with Crippen molar-refractivity contribution in [2.45, 2.75) is 65.5 Å². The highest BCUT2D eigenvalue weighted by molar-refractivity contribution is 5.76. The molecule has 1 aliphatic rings. The number of rotatable bonds is 10. The summed E-state index contributed by atoms with van der Waals surface area (Å²) in [5.41, 5.74) is 2.67. The van der Waals surface area contributed by atoms with Crippen LogP contribution in [0.1, 0.15) is 62.2 Å². The number of carbonyl (C=O) groups excluding carboxylic acids is 1. The van der Waals surface area contributed by atoms with Crippen molar-refractivity contribution < 1.29 is 9.21 Å². The van der Waals surface area contributed by atoms with Crippen LogP contribution in [0.3, 0.4) is 0 Å². The first-order chi connectivity index (χ1) is 13.7. The lowest BCUT2D eigenvalue weighted by molar-refractivity contribution is -0.132. The third-order valence-corrected chi connectivity index (χ3v) is 5.76. The van der Waals surface area contributed by atoms with Crippen molar-refractivity contribution in [1.82, 2.24) is 9.80 Å². The molecule has 1 amide bonds. The normalized spacial score (nSPS) is 13.8. The van der Waals surface area contributed by atoms with Gasteiger partial charge in [0.05, 0.1) is 13.1 Å². The zero-order chi connectivity index (χ0) is 19.8. The maximum Gasteiger partial charge on any atom is 0.222 e. The van der Waals surface area contributed by atoms with E-state index in [4.69, 9.17) is 4.42 Å². The molecular weight excluding hydrogens is 348 g/mol. The van der Waals surface area contributed by atoms with Crippen LogP contribution in [0, 0.1) is 0 Å². The average molecular weight is 383 g/mol. The molecule has 1 aliphatic heterocycles. The minimum absolute atomic E-state index is 0.270. The first-order valence-electron chi connectivity index (χ1n) is 10.8. The fourth-order valence-electron chi connectivity index (χ4n) is 3.92. The van der Waals surface area contributed by atoms with E-state index in [2.05, 4.69) is 55.1 Å². The van der Waals surface area contributed by atoms with Crippen LogP contribution in [0.5, 0.6) is 0 Å². The number of benzene rings is 1. The van der Waals surface area contributed by atoms with Gasteiger partial charge in [-0.25, -0.2) is 0 Å². The van der Waals surface area contributed by atoms with Crippen LogP contribution in [-0.4, -0.2) is 35.3 Å². The fourth-order valence-corrected chi connectivity index (χ4v) is 3.92. The average Bonchev–Trinajstić information content (AvgIpc) is 3.14. The van der Waals surface area contributed by atoms with Gasteiger partial charge in [0.15, 0.2) is 0 Å². The van der Waals surface area contributed by atoms with Crippen LogP contribution in [-0.2, 0) is 30.7 Å². The summed E-state index contributed by atoms with van der Waals surface area (Å²) in [5.74, 6) is 2.29. The minimum atomic E-state index is 0.270. The second kappa shape index (κ2) is 10.5. The van der Waals surface area contributed by atoms with Crippen molar-refractivity contribution >= 4 is 5.91 Å². The van der Waals surface area contributed by atoms with Gasteiger partial charge >= 0.3 is 0 Å².